The van der Waals surface area contributed by atoms with Gasteiger partial charge in [-0.1, -0.05) is 47.5 Å². The lowest BCUT2D eigenvalue weighted by molar-refractivity contribution is -0.160. The summed E-state index contributed by atoms with van der Waals surface area (Å²) in [5, 5.41) is 25.3. The van der Waals surface area contributed by atoms with Crippen LogP contribution in [0, 0.1) is 25.7 Å². The first kappa shape index (κ1) is 25.6. The van der Waals surface area contributed by atoms with Crippen LogP contribution in [0.5, 0.6) is 0 Å². The van der Waals surface area contributed by atoms with Crippen LogP contribution in [0.3, 0.4) is 0 Å². The normalized spacial score (nSPS) is 30.9. The summed E-state index contributed by atoms with van der Waals surface area (Å²) in [5.41, 5.74) is 0.482. The third-order valence-electron chi connectivity index (χ3n) is 7.89. The van der Waals surface area contributed by atoms with E-state index in [-0.39, 0.29) is 5.78 Å². The van der Waals surface area contributed by atoms with E-state index in [1.807, 2.05) is 52.2 Å². The predicted octanol–water partition coefficient (Wildman–Crippen LogP) is 4.16. The monoisotopic (exact) mass is 504 g/mol. The van der Waals surface area contributed by atoms with Crippen LogP contribution in [0.1, 0.15) is 35.1 Å². The second-order valence-electron chi connectivity index (χ2n) is 10.3. The number of nitrogens with zero attached hydrogens (tertiary/aromatic N) is 2. The Hall–Kier alpha value is -1.47. The molecule has 2 N–H and O–H groups in total. The van der Waals surface area contributed by atoms with E-state index in [2.05, 4.69) is 9.80 Å². The van der Waals surface area contributed by atoms with Gasteiger partial charge >= 0.3 is 0 Å². The average molecular weight is 505 g/mol. The number of hydrogen-bond donors (Lipinski definition) is 2. The van der Waals surface area contributed by atoms with Crippen molar-refractivity contribution in [3.63, 3.8) is 0 Å². The summed E-state index contributed by atoms with van der Waals surface area (Å²) in [4.78, 5) is 18.5. The molecule has 4 rings (SSSR count). The Kier molecular flexibility index (Phi) is 7.18. The first-order chi connectivity index (χ1) is 16.0. The maximum atomic E-state index is 14.3. The Morgan fingerprint density at radius 1 is 0.824 bits per heavy atom. The molecule has 0 aromatic heterocycles. The molecule has 5 nitrogen and oxygen atoms in total. The van der Waals surface area contributed by atoms with Crippen LogP contribution in [0.15, 0.2) is 36.4 Å². The minimum atomic E-state index is -1.33. The molecule has 0 spiro atoms. The predicted molar refractivity (Wildman–Crippen MR) is 136 cm³/mol. The van der Waals surface area contributed by atoms with Gasteiger partial charge in [0.1, 0.15) is 17.0 Å². The molecule has 2 aromatic carbocycles. The summed E-state index contributed by atoms with van der Waals surface area (Å²) in [5.74, 6) is -1.46. The van der Waals surface area contributed by atoms with Gasteiger partial charge in [0.2, 0.25) is 0 Å². The second kappa shape index (κ2) is 9.53. The standard InChI is InChI=1S/C27H34Cl2N2O3/c1-17-13-19(5-7-23(17)28)26(33)9-11-30(3)15-21(26)25(32)22-16-31(4)12-10-27(22,34)20-6-8-24(29)18(2)14-20/h5-8,13-14,21-22,33-34H,9-12,15-16H2,1-4H3. The van der Waals surface area contributed by atoms with Crippen molar-refractivity contribution >= 4 is 29.0 Å². The average Bonchev–Trinajstić information content (AvgIpc) is 2.80. The van der Waals surface area contributed by atoms with Crippen molar-refractivity contribution in [2.75, 3.05) is 40.3 Å². The molecule has 2 heterocycles. The molecule has 184 valence electrons. The molecule has 0 bridgehead atoms. The molecule has 0 radical (unpaired) electrons. The second-order valence-corrected chi connectivity index (χ2v) is 11.1. The molecule has 0 aliphatic carbocycles. The Morgan fingerprint density at radius 3 is 1.56 bits per heavy atom. The number of likely N-dealkylation sites (tertiary alicyclic amines) is 2. The number of rotatable bonds is 4. The van der Waals surface area contributed by atoms with E-state index in [1.54, 1.807) is 12.1 Å². The summed E-state index contributed by atoms with van der Waals surface area (Å²) < 4.78 is 0. The number of aryl methyl sites for hydroxylation is 2. The number of carbonyl (C=O) groups excluding carboxylic acids is 1. The zero-order chi connectivity index (χ0) is 24.8. The summed E-state index contributed by atoms with van der Waals surface area (Å²) >= 11 is 12.5. The van der Waals surface area contributed by atoms with Gasteiger partial charge in [-0.15, -0.1) is 0 Å². The van der Waals surface area contributed by atoms with E-state index in [9.17, 15) is 15.0 Å². The number of hydrogen-bond acceptors (Lipinski definition) is 5. The maximum Gasteiger partial charge on any atom is 0.148 e. The number of benzene rings is 2. The maximum absolute atomic E-state index is 14.3. The van der Waals surface area contributed by atoms with Crippen molar-refractivity contribution in [1.29, 1.82) is 0 Å². The van der Waals surface area contributed by atoms with Crippen molar-refractivity contribution in [2.24, 2.45) is 11.8 Å². The Morgan fingerprint density at radius 2 is 1.21 bits per heavy atom. The van der Waals surface area contributed by atoms with Gasteiger partial charge in [-0.2, -0.15) is 0 Å². The fourth-order valence-corrected chi connectivity index (χ4v) is 5.83. The van der Waals surface area contributed by atoms with Crippen molar-refractivity contribution in [2.45, 2.75) is 37.9 Å². The van der Waals surface area contributed by atoms with Gasteiger partial charge in [0, 0.05) is 36.2 Å². The number of aliphatic hydroxyl groups is 2. The largest absolute Gasteiger partial charge is 0.384 e. The summed E-state index contributed by atoms with van der Waals surface area (Å²) in [6.07, 6.45) is 0.865. The van der Waals surface area contributed by atoms with Gasteiger partial charge in [0.25, 0.3) is 0 Å². The molecular weight excluding hydrogens is 471 g/mol. The lowest BCUT2D eigenvalue weighted by Gasteiger charge is -2.48. The lowest BCUT2D eigenvalue weighted by atomic mass is 9.65. The third kappa shape index (κ3) is 4.55. The molecule has 2 aliphatic heterocycles. The SMILES string of the molecule is Cc1cc(C2(O)CCN(C)CC2C(=O)C2CN(C)CCC2(O)c2ccc(Cl)c(C)c2)ccc1Cl. The van der Waals surface area contributed by atoms with Crippen molar-refractivity contribution in [3.8, 4) is 0 Å². The smallest absolute Gasteiger partial charge is 0.148 e. The zero-order valence-electron chi connectivity index (χ0n) is 20.3. The molecule has 34 heavy (non-hydrogen) atoms. The van der Waals surface area contributed by atoms with Crippen LogP contribution >= 0.6 is 23.2 Å². The van der Waals surface area contributed by atoms with Crippen LogP contribution in [0.2, 0.25) is 10.0 Å². The van der Waals surface area contributed by atoms with Gasteiger partial charge in [-0.05, 0) is 75.2 Å². The molecule has 2 fully saturated rings. The van der Waals surface area contributed by atoms with Crippen molar-refractivity contribution < 1.29 is 15.0 Å². The van der Waals surface area contributed by atoms with E-state index in [1.165, 1.54) is 0 Å². The summed E-state index contributed by atoms with van der Waals surface area (Å²) in [7, 11) is 3.93. The molecular formula is C27H34Cl2N2O3. The highest BCUT2D eigenvalue weighted by molar-refractivity contribution is 6.31. The molecule has 7 heteroatoms. The van der Waals surface area contributed by atoms with Crippen LogP contribution in [0.4, 0.5) is 0 Å². The minimum absolute atomic E-state index is 0.108. The number of piperidine rings is 2. The van der Waals surface area contributed by atoms with Gasteiger partial charge in [0.15, 0.2) is 0 Å². The highest BCUT2D eigenvalue weighted by atomic mass is 35.5. The van der Waals surface area contributed by atoms with E-state index >= 15 is 0 Å². The molecule has 2 aliphatic rings. The van der Waals surface area contributed by atoms with Gasteiger partial charge in [0.05, 0.1) is 11.8 Å². The van der Waals surface area contributed by atoms with E-state index in [0.29, 0.717) is 60.2 Å². The third-order valence-corrected chi connectivity index (χ3v) is 8.74. The van der Waals surface area contributed by atoms with Gasteiger partial charge in [-0.3, -0.25) is 4.79 Å². The highest BCUT2D eigenvalue weighted by Gasteiger charge is 2.53. The van der Waals surface area contributed by atoms with Gasteiger partial charge in [-0.25, -0.2) is 0 Å². The van der Waals surface area contributed by atoms with E-state index in [0.717, 1.165) is 11.1 Å². The first-order valence-corrected chi connectivity index (χ1v) is 12.6. The zero-order valence-corrected chi connectivity index (χ0v) is 21.8. The van der Waals surface area contributed by atoms with Crippen LogP contribution < -0.4 is 0 Å². The Balaban J connectivity index is 1.77. The highest BCUT2D eigenvalue weighted by Crippen LogP contribution is 2.45. The minimum Gasteiger partial charge on any atom is -0.384 e. The molecule has 4 atom stereocenters. The van der Waals surface area contributed by atoms with Crippen LogP contribution in [-0.4, -0.2) is 66.1 Å². The molecule has 2 saturated heterocycles. The first-order valence-electron chi connectivity index (χ1n) is 11.8. The molecule has 4 unspecified atom stereocenters. The number of ketones is 1. The van der Waals surface area contributed by atoms with Crippen LogP contribution in [-0.2, 0) is 16.0 Å². The van der Waals surface area contributed by atoms with E-state index < -0.39 is 23.0 Å². The van der Waals surface area contributed by atoms with Crippen LogP contribution in [0.25, 0.3) is 0 Å². The lowest BCUT2D eigenvalue weighted by Crippen LogP contribution is -2.59. The van der Waals surface area contributed by atoms with Crippen molar-refractivity contribution in [1.82, 2.24) is 9.80 Å². The number of Topliss-reactive ketones (excluding diaryl/α,β-unsaturated/α-hetero) is 1. The fraction of sp³-hybridized carbons (Fsp3) is 0.519. The summed E-state index contributed by atoms with van der Waals surface area (Å²) in [6.45, 7) is 6.00. The van der Waals surface area contributed by atoms with E-state index in [4.69, 9.17) is 23.2 Å². The Bertz CT molecular complexity index is 1010. The number of halogens is 2. The van der Waals surface area contributed by atoms with Crippen molar-refractivity contribution in [3.05, 3.63) is 68.7 Å². The Labute approximate surface area is 212 Å². The van der Waals surface area contributed by atoms with Gasteiger partial charge < -0.3 is 20.0 Å². The number of carbonyl (C=O) groups is 1. The summed E-state index contributed by atoms with van der Waals surface area (Å²) in [6, 6.07) is 11.0. The molecule has 2 aromatic rings. The topological polar surface area (TPSA) is 64.0 Å². The molecule has 0 saturated carbocycles. The quantitative estimate of drug-likeness (QED) is 0.654. The fourth-order valence-electron chi connectivity index (χ4n) is 5.59. The molecule has 0 amide bonds.